The summed E-state index contributed by atoms with van der Waals surface area (Å²) in [5, 5.41) is 7.86. The molecule has 3 rings (SSSR count). The van der Waals surface area contributed by atoms with E-state index in [4.69, 9.17) is 28.6 Å². The minimum atomic E-state index is -0.387. The van der Waals surface area contributed by atoms with Gasteiger partial charge in [0.05, 0.1) is 11.2 Å². The number of hydrogen-bond donors (Lipinski definition) is 2. The summed E-state index contributed by atoms with van der Waals surface area (Å²) in [5.74, 6) is 0.216. The number of ether oxygens (including phenoxy) is 1. The predicted octanol–water partition coefficient (Wildman–Crippen LogP) is 5.38. The quantitative estimate of drug-likeness (QED) is 0.323. The Hall–Kier alpha value is -2.96. The molecule has 2 N–H and O–H groups in total. The average molecular weight is 414 g/mol. The molecule has 0 spiro atoms. The van der Waals surface area contributed by atoms with Crippen LogP contribution in [-0.4, -0.2) is 11.3 Å². The number of anilines is 1. The van der Waals surface area contributed by atoms with E-state index in [1.807, 2.05) is 42.5 Å². The van der Waals surface area contributed by atoms with E-state index in [1.165, 1.54) is 6.07 Å². The highest BCUT2D eigenvalue weighted by atomic mass is 35.5. The van der Waals surface area contributed by atoms with Crippen LogP contribution in [-0.2, 0) is 6.61 Å². The number of thiocarbonyl (C=S) groups is 1. The lowest BCUT2D eigenvalue weighted by Crippen LogP contribution is -2.23. The molecule has 0 unspecified atom stereocenters. The maximum Gasteiger partial charge on any atom is 0.191 e. The standard InChI is InChI=1S/C21H17ClFN3OS/c22-19-7-4-8-20(23)18(19)14-27-17-11-9-15(10-12-17)13-24-26-21(28)25-16-5-2-1-3-6-16/h1-13H,14H2,(H2,25,26,28)/b24-13+. The molecule has 0 fully saturated rings. The predicted molar refractivity (Wildman–Crippen MR) is 116 cm³/mol. The first kappa shape index (κ1) is 19.8. The van der Waals surface area contributed by atoms with Crippen LogP contribution in [0.2, 0.25) is 5.02 Å². The molecule has 0 aliphatic heterocycles. The van der Waals surface area contributed by atoms with E-state index < -0.39 is 0 Å². The summed E-state index contributed by atoms with van der Waals surface area (Å²) in [7, 11) is 0. The van der Waals surface area contributed by atoms with Crippen LogP contribution < -0.4 is 15.5 Å². The molecule has 0 saturated heterocycles. The number of para-hydroxylation sites is 1. The van der Waals surface area contributed by atoms with Crippen molar-refractivity contribution in [2.75, 3.05) is 5.32 Å². The van der Waals surface area contributed by atoms with Crippen molar-refractivity contribution in [1.29, 1.82) is 0 Å². The molecule has 0 atom stereocenters. The highest BCUT2D eigenvalue weighted by Crippen LogP contribution is 2.21. The van der Waals surface area contributed by atoms with Gasteiger partial charge in [-0.2, -0.15) is 5.10 Å². The first-order valence-electron chi connectivity index (χ1n) is 8.42. The van der Waals surface area contributed by atoms with Crippen molar-refractivity contribution >= 4 is 40.8 Å². The summed E-state index contributed by atoms with van der Waals surface area (Å²) in [6.45, 7) is 0.0555. The lowest BCUT2D eigenvalue weighted by atomic mass is 10.2. The van der Waals surface area contributed by atoms with Crippen molar-refractivity contribution in [3.05, 3.63) is 94.8 Å². The van der Waals surface area contributed by atoms with Gasteiger partial charge >= 0.3 is 0 Å². The largest absolute Gasteiger partial charge is 0.489 e. The third-order valence-corrected chi connectivity index (χ3v) is 4.28. The summed E-state index contributed by atoms with van der Waals surface area (Å²) < 4.78 is 19.4. The molecular formula is C21H17ClFN3OS. The van der Waals surface area contributed by atoms with E-state index in [-0.39, 0.29) is 12.4 Å². The number of nitrogens with one attached hydrogen (secondary N) is 2. The summed E-state index contributed by atoms with van der Waals surface area (Å²) in [6.07, 6.45) is 1.64. The van der Waals surface area contributed by atoms with Gasteiger partial charge in [0.2, 0.25) is 0 Å². The zero-order chi connectivity index (χ0) is 19.8. The Morgan fingerprint density at radius 1 is 1.04 bits per heavy atom. The van der Waals surface area contributed by atoms with Gasteiger partial charge < -0.3 is 10.1 Å². The summed E-state index contributed by atoms with van der Waals surface area (Å²) in [6, 6.07) is 21.3. The Morgan fingerprint density at radius 3 is 2.50 bits per heavy atom. The lowest BCUT2D eigenvalue weighted by Gasteiger charge is -2.09. The molecule has 0 radical (unpaired) electrons. The average Bonchev–Trinajstić information content (AvgIpc) is 2.69. The summed E-state index contributed by atoms with van der Waals surface area (Å²) >= 11 is 11.2. The van der Waals surface area contributed by atoms with Gasteiger partial charge in [-0.25, -0.2) is 4.39 Å². The van der Waals surface area contributed by atoms with E-state index >= 15 is 0 Å². The van der Waals surface area contributed by atoms with Crippen LogP contribution in [0.25, 0.3) is 0 Å². The molecule has 3 aromatic carbocycles. The zero-order valence-electron chi connectivity index (χ0n) is 14.7. The molecule has 0 bridgehead atoms. The third-order valence-electron chi connectivity index (χ3n) is 3.74. The fourth-order valence-electron chi connectivity index (χ4n) is 2.32. The van der Waals surface area contributed by atoms with Crippen molar-refractivity contribution < 1.29 is 9.13 Å². The van der Waals surface area contributed by atoms with E-state index in [1.54, 1.807) is 30.5 Å². The highest BCUT2D eigenvalue weighted by Gasteiger charge is 2.07. The van der Waals surface area contributed by atoms with Gasteiger partial charge in [0.15, 0.2) is 5.11 Å². The minimum Gasteiger partial charge on any atom is -0.489 e. The SMILES string of the molecule is Fc1cccc(Cl)c1COc1ccc(/C=N/NC(=S)Nc2ccccc2)cc1. The van der Waals surface area contributed by atoms with Gasteiger partial charge in [-0.1, -0.05) is 35.9 Å². The van der Waals surface area contributed by atoms with Gasteiger partial charge in [-0.05, 0) is 66.3 Å². The maximum atomic E-state index is 13.8. The molecule has 0 aliphatic carbocycles. The molecule has 28 heavy (non-hydrogen) atoms. The normalized spacial score (nSPS) is 10.6. The van der Waals surface area contributed by atoms with Crippen LogP contribution in [0.4, 0.5) is 10.1 Å². The molecule has 142 valence electrons. The monoisotopic (exact) mass is 413 g/mol. The molecule has 0 amide bonds. The minimum absolute atomic E-state index is 0.0555. The van der Waals surface area contributed by atoms with Crippen molar-refractivity contribution in [3.8, 4) is 5.75 Å². The van der Waals surface area contributed by atoms with Crippen LogP contribution in [0.3, 0.4) is 0 Å². The molecule has 0 aliphatic rings. The van der Waals surface area contributed by atoms with Crippen molar-refractivity contribution in [2.45, 2.75) is 6.61 Å². The van der Waals surface area contributed by atoms with E-state index in [0.717, 1.165) is 11.3 Å². The van der Waals surface area contributed by atoms with Crippen LogP contribution in [0, 0.1) is 5.82 Å². The van der Waals surface area contributed by atoms with Crippen LogP contribution in [0.5, 0.6) is 5.75 Å². The second kappa shape index (κ2) is 9.82. The summed E-state index contributed by atoms with van der Waals surface area (Å²) in [5.41, 5.74) is 4.82. The topological polar surface area (TPSA) is 45.6 Å². The number of benzene rings is 3. The molecule has 0 aromatic heterocycles. The smallest absolute Gasteiger partial charge is 0.191 e. The molecule has 0 saturated carbocycles. The number of nitrogens with zero attached hydrogens (tertiary/aromatic N) is 1. The summed E-state index contributed by atoms with van der Waals surface area (Å²) in [4.78, 5) is 0. The van der Waals surface area contributed by atoms with Crippen molar-refractivity contribution in [1.82, 2.24) is 5.43 Å². The number of halogens is 2. The maximum absolute atomic E-state index is 13.8. The first-order valence-corrected chi connectivity index (χ1v) is 9.21. The fraction of sp³-hybridized carbons (Fsp3) is 0.0476. The second-order valence-corrected chi connectivity index (χ2v) is 6.56. The Labute approximate surface area is 173 Å². The third kappa shape index (κ3) is 5.77. The highest BCUT2D eigenvalue weighted by molar-refractivity contribution is 7.80. The Kier molecular flexibility index (Phi) is 6.94. The van der Waals surface area contributed by atoms with E-state index in [0.29, 0.717) is 21.4 Å². The molecule has 3 aromatic rings. The Bertz CT molecular complexity index is 945. The molecular weight excluding hydrogens is 397 g/mol. The van der Waals surface area contributed by atoms with Gasteiger partial charge in [0, 0.05) is 11.3 Å². The molecule has 0 heterocycles. The Balaban J connectivity index is 1.50. The second-order valence-electron chi connectivity index (χ2n) is 5.75. The number of hydrazone groups is 1. The molecule has 4 nitrogen and oxygen atoms in total. The van der Waals surface area contributed by atoms with E-state index in [2.05, 4.69) is 15.8 Å². The van der Waals surface area contributed by atoms with Crippen molar-refractivity contribution in [2.24, 2.45) is 5.10 Å². The van der Waals surface area contributed by atoms with Crippen LogP contribution >= 0.6 is 23.8 Å². The number of hydrogen-bond acceptors (Lipinski definition) is 3. The van der Waals surface area contributed by atoms with Gasteiger partial charge in [-0.3, -0.25) is 5.43 Å². The van der Waals surface area contributed by atoms with E-state index in [9.17, 15) is 4.39 Å². The fourth-order valence-corrected chi connectivity index (χ4v) is 2.71. The van der Waals surface area contributed by atoms with Crippen molar-refractivity contribution in [3.63, 3.8) is 0 Å². The first-order chi connectivity index (χ1) is 13.6. The van der Waals surface area contributed by atoms with Gasteiger partial charge in [0.1, 0.15) is 18.2 Å². The lowest BCUT2D eigenvalue weighted by molar-refractivity contribution is 0.300. The van der Waals surface area contributed by atoms with Crippen LogP contribution in [0.1, 0.15) is 11.1 Å². The van der Waals surface area contributed by atoms with Crippen LogP contribution in [0.15, 0.2) is 77.9 Å². The van der Waals surface area contributed by atoms with Gasteiger partial charge in [-0.15, -0.1) is 0 Å². The molecule has 7 heteroatoms. The number of rotatable bonds is 6. The zero-order valence-corrected chi connectivity index (χ0v) is 16.3. The van der Waals surface area contributed by atoms with Gasteiger partial charge in [0.25, 0.3) is 0 Å². The Morgan fingerprint density at radius 2 is 1.79 bits per heavy atom.